The zero-order valence-corrected chi connectivity index (χ0v) is 11.0. The van der Waals surface area contributed by atoms with E-state index in [4.69, 9.17) is 10.5 Å². The Hall–Kier alpha value is -1.62. The van der Waals surface area contributed by atoms with Gasteiger partial charge in [0, 0.05) is 12.6 Å². The van der Waals surface area contributed by atoms with E-state index in [1.54, 1.807) is 18.3 Å². The fourth-order valence-corrected chi connectivity index (χ4v) is 1.60. The van der Waals surface area contributed by atoms with Crippen molar-refractivity contribution in [2.45, 2.75) is 26.7 Å². The molecule has 100 valence electrons. The van der Waals surface area contributed by atoms with Crippen molar-refractivity contribution >= 4 is 11.6 Å². The summed E-state index contributed by atoms with van der Waals surface area (Å²) in [7, 11) is 0. The lowest BCUT2D eigenvalue weighted by Gasteiger charge is -2.13. The quantitative estimate of drug-likeness (QED) is 0.774. The minimum absolute atomic E-state index is 0.0544. The summed E-state index contributed by atoms with van der Waals surface area (Å²) in [5, 5.41) is 2.81. The maximum absolute atomic E-state index is 11.8. The average molecular weight is 251 g/mol. The van der Waals surface area contributed by atoms with E-state index in [1.165, 1.54) is 0 Å². The zero-order valence-electron chi connectivity index (χ0n) is 11.0. The van der Waals surface area contributed by atoms with Gasteiger partial charge in [-0.3, -0.25) is 4.79 Å². The zero-order chi connectivity index (χ0) is 13.4. The third-order valence-electron chi connectivity index (χ3n) is 2.71. The van der Waals surface area contributed by atoms with Crippen molar-refractivity contribution < 1.29 is 9.53 Å². The number of amides is 1. The van der Waals surface area contributed by atoms with Gasteiger partial charge in [-0.2, -0.15) is 0 Å². The number of anilines is 1. The summed E-state index contributed by atoms with van der Waals surface area (Å²) in [5.74, 6) is 0.618. The highest BCUT2D eigenvalue weighted by molar-refractivity contribution is 5.92. The molecule has 0 saturated heterocycles. The van der Waals surface area contributed by atoms with Gasteiger partial charge in [0.2, 0.25) is 11.8 Å². The van der Waals surface area contributed by atoms with Crippen LogP contribution in [0.3, 0.4) is 0 Å². The summed E-state index contributed by atoms with van der Waals surface area (Å²) >= 11 is 0. The van der Waals surface area contributed by atoms with Crippen LogP contribution in [-0.4, -0.2) is 24.0 Å². The van der Waals surface area contributed by atoms with Gasteiger partial charge < -0.3 is 15.8 Å². The molecule has 0 aliphatic carbocycles. The molecule has 18 heavy (non-hydrogen) atoms. The topological polar surface area (TPSA) is 77.2 Å². The van der Waals surface area contributed by atoms with E-state index < -0.39 is 0 Å². The predicted molar refractivity (Wildman–Crippen MR) is 71.5 cm³/mol. The van der Waals surface area contributed by atoms with Crippen molar-refractivity contribution in [1.82, 2.24) is 4.98 Å². The Morgan fingerprint density at radius 3 is 2.94 bits per heavy atom. The van der Waals surface area contributed by atoms with Crippen LogP contribution in [0.25, 0.3) is 0 Å². The number of nitrogens with two attached hydrogens (primary N) is 1. The minimum Gasteiger partial charge on any atom is -0.476 e. The van der Waals surface area contributed by atoms with Crippen LogP contribution in [0.4, 0.5) is 5.69 Å². The number of pyridine rings is 1. The summed E-state index contributed by atoms with van der Waals surface area (Å²) in [4.78, 5) is 15.9. The van der Waals surface area contributed by atoms with Gasteiger partial charge in [0.25, 0.3) is 0 Å². The third kappa shape index (κ3) is 4.33. The molecule has 1 amide bonds. The van der Waals surface area contributed by atoms with Crippen molar-refractivity contribution in [3.8, 4) is 5.88 Å². The Morgan fingerprint density at radius 2 is 2.33 bits per heavy atom. The fourth-order valence-electron chi connectivity index (χ4n) is 1.60. The van der Waals surface area contributed by atoms with Gasteiger partial charge in [0.1, 0.15) is 5.69 Å². The Bertz CT molecular complexity index is 378. The molecule has 5 nitrogen and oxygen atoms in total. The van der Waals surface area contributed by atoms with Gasteiger partial charge in [-0.15, -0.1) is 0 Å². The van der Waals surface area contributed by atoms with Crippen molar-refractivity contribution in [1.29, 1.82) is 0 Å². The molecule has 1 atom stereocenters. The number of nitrogens with zero attached hydrogens (tertiary/aromatic N) is 1. The third-order valence-corrected chi connectivity index (χ3v) is 2.71. The van der Waals surface area contributed by atoms with Crippen LogP contribution >= 0.6 is 0 Å². The molecule has 0 aromatic carbocycles. The van der Waals surface area contributed by atoms with E-state index in [2.05, 4.69) is 10.3 Å². The molecular weight excluding hydrogens is 230 g/mol. The van der Waals surface area contributed by atoms with Crippen LogP contribution in [0.2, 0.25) is 0 Å². The first-order valence-electron chi connectivity index (χ1n) is 6.28. The summed E-state index contributed by atoms with van der Waals surface area (Å²) in [6.07, 6.45) is 2.96. The number of rotatable bonds is 7. The molecule has 0 aliphatic rings. The van der Waals surface area contributed by atoms with Crippen molar-refractivity contribution in [2.75, 3.05) is 18.5 Å². The molecule has 1 aromatic heterocycles. The fraction of sp³-hybridized carbons (Fsp3) is 0.538. The molecule has 1 unspecified atom stereocenters. The van der Waals surface area contributed by atoms with Gasteiger partial charge >= 0.3 is 0 Å². The lowest BCUT2D eigenvalue weighted by atomic mass is 10.0. The second-order valence-electron chi connectivity index (χ2n) is 4.05. The van der Waals surface area contributed by atoms with E-state index in [0.29, 0.717) is 31.1 Å². The van der Waals surface area contributed by atoms with E-state index in [1.807, 2.05) is 13.8 Å². The first-order valence-corrected chi connectivity index (χ1v) is 6.28. The largest absolute Gasteiger partial charge is 0.476 e. The lowest BCUT2D eigenvalue weighted by Crippen LogP contribution is -2.22. The predicted octanol–water partition coefficient (Wildman–Crippen LogP) is 1.79. The highest BCUT2D eigenvalue weighted by atomic mass is 16.5. The number of hydrogen-bond donors (Lipinski definition) is 2. The van der Waals surface area contributed by atoms with E-state index >= 15 is 0 Å². The first kappa shape index (κ1) is 14.4. The molecule has 1 aromatic rings. The molecule has 0 radical (unpaired) electrons. The molecule has 0 bridgehead atoms. The van der Waals surface area contributed by atoms with Crippen LogP contribution in [0.15, 0.2) is 18.3 Å². The molecule has 5 heteroatoms. The van der Waals surface area contributed by atoms with Gasteiger partial charge in [-0.1, -0.05) is 13.3 Å². The van der Waals surface area contributed by atoms with Crippen molar-refractivity contribution in [2.24, 2.45) is 11.7 Å². The van der Waals surface area contributed by atoms with Gasteiger partial charge in [0.05, 0.1) is 6.61 Å². The average Bonchev–Trinajstić information content (AvgIpc) is 2.38. The molecule has 0 fully saturated rings. The Kier molecular flexibility index (Phi) is 6.14. The number of nitrogens with one attached hydrogen (secondary N) is 1. The van der Waals surface area contributed by atoms with Gasteiger partial charge in [-0.05, 0) is 31.5 Å². The molecule has 0 saturated carbocycles. The van der Waals surface area contributed by atoms with E-state index in [0.717, 1.165) is 6.42 Å². The van der Waals surface area contributed by atoms with Crippen LogP contribution in [0.1, 0.15) is 26.7 Å². The van der Waals surface area contributed by atoms with Crippen LogP contribution in [0.5, 0.6) is 5.88 Å². The van der Waals surface area contributed by atoms with Crippen LogP contribution in [0, 0.1) is 5.92 Å². The minimum atomic E-state index is -0.0544. The van der Waals surface area contributed by atoms with Crippen molar-refractivity contribution in [3.63, 3.8) is 0 Å². The molecule has 0 aliphatic heterocycles. The second-order valence-corrected chi connectivity index (χ2v) is 4.05. The number of carbonyl (C=O) groups excluding carboxylic acids is 1. The Morgan fingerprint density at radius 1 is 1.56 bits per heavy atom. The molecule has 0 spiro atoms. The normalized spacial score (nSPS) is 11.9. The summed E-state index contributed by atoms with van der Waals surface area (Å²) in [6.45, 7) is 4.94. The Labute approximate surface area is 108 Å². The maximum atomic E-state index is 11.8. The van der Waals surface area contributed by atoms with Crippen LogP contribution < -0.4 is 15.8 Å². The highest BCUT2D eigenvalue weighted by Crippen LogP contribution is 2.21. The summed E-state index contributed by atoms with van der Waals surface area (Å²) < 4.78 is 5.34. The van der Waals surface area contributed by atoms with Crippen molar-refractivity contribution in [3.05, 3.63) is 18.3 Å². The lowest BCUT2D eigenvalue weighted by molar-refractivity contribution is -0.117. The molecule has 1 rings (SSSR count). The Balaban J connectivity index is 2.63. The number of ether oxygens (including phenoxy) is 1. The standard InChI is InChI=1S/C13H21N3O2/c1-3-10(9-14)8-12(17)16-11-6-5-7-15-13(11)18-4-2/h5-7,10H,3-4,8-9,14H2,1-2H3,(H,16,17). The first-order chi connectivity index (χ1) is 8.71. The second kappa shape index (κ2) is 7.66. The molecule has 1 heterocycles. The number of hydrogen-bond acceptors (Lipinski definition) is 4. The van der Waals surface area contributed by atoms with Gasteiger partial charge in [-0.25, -0.2) is 4.98 Å². The molecular formula is C13H21N3O2. The maximum Gasteiger partial charge on any atom is 0.237 e. The SMILES string of the molecule is CCOc1ncccc1NC(=O)CC(CC)CN. The number of carbonyl (C=O) groups is 1. The van der Waals surface area contributed by atoms with E-state index in [9.17, 15) is 4.79 Å². The van der Waals surface area contributed by atoms with E-state index in [-0.39, 0.29) is 11.8 Å². The van der Waals surface area contributed by atoms with Crippen LogP contribution in [-0.2, 0) is 4.79 Å². The monoisotopic (exact) mass is 251 g/mol. The van der Waals surface area contributed by atoms with Gasteiger partial charge in [0.15, 0.2) is 0 Å². The smallest absolute Gasteiger partial charge is 0.237 e. The summed E-state index contributed by atoms with van der Waals surface area (Å²) in [6, 6.07) is 3.54. The molecule has 3 N–H and O–H groups in total. The summed E-state index contributed by atoms with van der Waals surface area (Å²) in [5.41, 5.74) is 6.19. The highest BCUT2D eigenvalue weighted by Gasteiger charge is 2.13. The number of aromatic nitrogens is 1.